The third-order valence-electron chi connectivity index (χ3n) is 4.17. The van der Waals surface area contributed by atoms with Gasteiger partial charge in [0.2, 0.25) is 5.91 Å². The first-order valence-corrected chi connectivity index (χ1v) is 8.93. The van der Waals surface area contributed by atoms with Crippen LogP contribution >= 0.6 is 0 Å². The molecule has 0 spiro atoms. The fraction of sp³-hybridized carbons (Fsp3) is 0.400. The molecule has 1 fully saturated rings. The Morgan fingerprint density at radius 1 is 1.38 bits per heavy atom. The summed E-state index contributed by atoms with van der Waals surface area (Å²) >= 11 is 0. The van der Waals surface area contributed by atoms with E-state index in [1.807, 2.05) is 0 Å². The topological polar surface area (TPSA) is 107 Å². The van der Waals surface area contributed by atoms with E-state index in [0.29, 0.717) is 24.9 Å². The van der Waals surface area contributed by atoms with Gasteiger partial charge in [-0.1, -0.05) is 12.1 Å². The highest BCUT2D eigenvalue weighted by Crippen LogP contribution is 2.31. The third-order valence-corrected chi connectivity index (χ3v) is 5.50. The van der Waals surface area contributed by atoms with Crippen molar-refractivity contribution >= 4 is 27.7 Å². The zero-order chi connectivity index (χ0) is 17.5. The van der Waals surface area contributed by atoms with Crippen LogP contribution in [0.3, 0.4) is 0 Å². The SMILES string of the molecule is CN(CC(=O)O)C(=O)[C@@H]1CCCN1C1=NS(=O)(=O)c2ccccc21. The summed E-state index contributed by atoms with van der Waals surface area (Å²) in [7, 11) is -2.33. The Labute approximate surface area is 139 Å². The number of carboxylic acid groups (broad SMARTS) is 1. The molecule has 1 aromatic rings. The highest BCUT2D eigenvalue weighted by molar-refractivity contribution is 7.90. The maximum Gasteiger partial charge on any atom is 0.323 e. The smallest absolute Gasteiger partial charge is 0.323 e. The molecule has 0 radical (unpaired) electrons. The van der Waals surface area contributed by atoms with Crippen molar-refractivity contribution in [2.24, 2.45) is 4.40 Å². The Morgan fingerprint density at radius 3 is 2.79 bits per heavy atom. The molecule has 0 saturated carbocycles. The van der Waals surface area contributed by atoms with Crippen molar-refractivity contribution in [3.05, 3.63) is 29.8 Å². The summed E-state index contributed by atoms with van der Waals surface area (Å²) in [6.07, 6.45) is 1.24. The fourth-order valence-corrected chi connectivity index (χ4v) is 4.32. The van der Waals surface area contributed by atoms with E-state index in [1.165, 1.54) is 13.1 Å². The number of rotatable bonds is 3. The van der Waals surface area contributed by atoms with Crippen LogP contribution in [0.15, 0.2) is 33.6 Å². The first-order chi connectivity index (χ1) is 11.3. The molecule has 2 aliphatic rings. The van der Waals surface area contributed by atoms with Gasteiger partial charge in [-0.2, -0.15) is 8.42 Å². The Kier molecular flexibility index (Phi) is 4.04. The second-order valence-corrected chi connectivity index (χ2v) is 7.40. The van der Waals surface area contributed by atoms with E-state index in [2.05, 4.69) is 4.40 Å². The fourth-order valence-electron chi connectivity index (χ4n) is 3.11. The van der Waals surface area contributed by atoms with Crippen molar-refractivity contribution in [2.75, 3.05) is 20.1 Å². The number of nitrogens with zero attached hydrogens (tertiary/aromatic N) is 3. The highest BCUT2D eigenvalue weighted by Gasteiger charge is 2.40. The Hall–Kier alpha value is -2.42. The molecule has 1 atom stereocenters. The molecule has 8 nitrogen and oxygen atoms in total. The average Bonchev–Trinajstić information content (AvgIpc) is 3.09. The molecule has 2 heterocycles. The van der Waals surface area contributed by atoms with Gasteiger partial charge < -0.3 is 14.9 Å². The van der Waals surface area contributed by atoms with Crippen LogP contribution in [0.2, 0.25) is 0 Å². The Balaban J connectivity index is 1.92. The van der Waals surface area contributed by atoms with Gasteiger partial charge in [0.1, 0.15) is 17.5 Å². The molecule has 0 aliphatic carbocycles. The molecule has 1 N–H and O–H groups in total. The molecule has 0 unspecified atom stereocenters. The second-order valence-electron chi connectivity index (χ2n) is 5.83. The van der Waals surface area contributed by atoms with Crippen molar-refractivity contribution in [1.29, 1.82) is 0 Å². The number of carbonyl (C=O) groups is 2. The van der Waals surface area contributed by atoms with Crippen LogP contribution in [-0.2, 0) is 19.6 Å². The van der Waals surface area contributed by atoms with Crippen molar-refractivity contribution in [3.63, 3.8) is 0 Å². The number of carboxylic acids is 1. The molecule has 9 heteroatoms. The number of fused-ring (bicyclic) bond motifs is 1. The molecular formula is C15H17N3O5S. The first-order valence-electron chi connectivity index (χ1n) is 7.49. The Bertz CT molecular complexity index is 833. The van der Waals surface area contributed by atoms with E-state index >= 15 is 0 Å². The second kappa shape index (κ2) is 5.90. The number of amides is 1. The van der Waals surface area contributed by atoms with Gasteiger partial charge >= 0.3 is 5.97 Å². The van der Waals surface area contributed by atoms with E-state index in [9.17, 15) is 18.0 Å². The van der Waals surface area contributed by atoms with E-state index in [1.54, 1.807) is 23.1 Å². The third kappa shape index (κ3) is 2.75. The molecule has 1 amide bonds. The van der Waals surface area contributed by atoms with Crippen LogP contribution in [0.1, 0.15) is 18.4 Å². The van der Waals surface area contributed by atoms with Crippen LogP contribution in [0.5, 0.6) is 0 Å². The highest BCUT2D eigenvalue weighted by atomic mass is 32.2. The summed E-state index contributed by atoms with van der Waals surface area (Å²) in [6.45, 7) is 0.102. The number of likely N-dealkylation sites (N-methyl/N-ethyl adjacent to an activating group) is 1. The summed E-state index contributed by atoms with van der Waals surface area (Å²) in [6, 6.07) is 5.90. The van der Waals surface area contributed by atoms with Gasteiger partial charge in [-0.15, -0.1) is 4.40 Å². The first kappa shape index (κ1) is 16.4. The molecule has 128 valence electrons. The minimum atomic E-state index is -3.75. The minimum absolute atomic E-state index is 0.136. The van der Waals surface area contributed by atoms with Gasteiger partial charge in [0.25, 0.3) is 10.0 Å². The number of carbonyl (C=O) groups excluding carboxylic acids is 1. The number of hydrogen-bond acceptors (Lipinski definition) is 5. The number of benzene rings is 1. The van der Waals surface area contributed by atoms with Crippen LogP contribution in [0, 0.1) is 0 Å². The zero-order valence-corrected chi connectivity index (χ0v) is 13.9. The van der Waals surface area contributed by atoms with Gasteiger partial charge in [0, 0.05) is 19.2 Å². The Morgan fingerprint density at radius 2 is 2.08 bits per heavy atom. The van der Waals surface area contributed by atoms with Crippen molar-refractivity contribution in [2.45, 2.75) is 23.8 Å². The molecule has 1 saturated heterocycles. The van der Waals surface area contributed by atoms with Crippen molar-refractivity contribution in [3.8, 4) is 0 Å². The number of likely N-dealkylation sites (tertiary alicyclic amines) is 1. The summed E-state index contributed by atoms with van der Waals surface area (Å²) in [5.74, 6) is -1.17. The number of aliphatic carboxylic acids is 1. The molecule has 3 rings (SSSR count). The van der Waals surface area contributed by atoms with E-state index in [4.69, 9.17) is 5.11 Å². The van der Waals surface area contributed by atoms with E-state index < -0.39 is 28.6 Å². The lowest BCUT2D eigenvalue weighted by molar-refractivity contribution is -0.144. The zero-order valence-electron chi connectivity index (χ0n) is 13.0. The molecule has 0 aromatic heterocycles. The van der Waals surface area contributed by atoms with Crippen LogP contribution in [0.4, 0.5) is 0 Å². The number of amidine groups is 1. The molecular weight excluding hydrogens is 334 g/mol. The van der Waals surface area contributed by atoms with Crippen LogP contribution < -0.4 is 0 Å². The predicted molar refractivity (Wildman–Crippen MR) is 85.2 cm³/mol. The van der Waals surface area contributed by atoms with Gasteiger partial charge in [0.15, 0.2) is 5.84 Å². The summed E-state index contributed by atoms with van der Waals surface area (Å²) in [5.41, 5.74) is 0.484. The van der Waals surface area contributed by atoms with Crippen LogP contribution in [-0.4, -0.2) is 67.2 Å². The lowest BCUT2D eigenvalue weighted by Crippen LogP contribution is -2.47. The molecule has 1 aromatic carbocycles. The predicted octanol–water partition coefficient (Wildman–Crippen LogP) is 0.143. The molecule has 24 heavy (non-hydrogen) atoms. The maximum absolute atomic E-state index is 12.5. The molecule has 2 aliphatic heterocycles. The van der Waals surface area contributed by atoms with Crippen molar-refractivity contribution < 1.29 is 23.1 Å². The van der Waals surface area contributed by atoms with Gasteiger partial charge in [-0.25, -0.2) is 0 Å². The minimum Gasteiger partial charge on any atom is -0.480 e. The monoisotopic (exact) mass is 351 g/mol. The molecule has 0 bridgehead atoms. The summed E-state index contributed by atoms with van der Waals surface area (Å²) in [5, 5.41) is 8.84. The maximum atomic E-state index is 12.5. The lowest BCUT2D eigenvalue weighted by atomic mass is 10.1. The average molecular weight is 351 g/mol. The van der Waals surface area contributed by atoms with Crippen molar-refractivity contribution in [1.82, 2.24) is 9.80 Å². The van der Waals surface area contributed by atoms with E-state index in [-0.39, 0.29) is 16.6 Å². The van der Waals surface area contributed by atoms with Crippen LogP contribution in [0.25, 0.3) is 0 Å². The van der Waals surface area contributed by atoms with E-state index in [0.717, 1.165) is 4.90 Å². The normalized spacial score (nSPS) is 21.3. The largest absolute Gasteiger partial charge is 0.480 e. The number of hydrogen-bond donors (Lipinski definition) is 1. The standard InChI is InChI=1S/C15H17N3O5S/c1-17(9-13(19)20)15(21)11-6-4-8-18(11)14-10-5-2-3-7-12(10)24(22,23)16-14/h2-3,5,7,11H,4,6,8-9H2,1H3,(H,19,20)/t11-/m0/s1. The van der Waals surface area contributed by atoms with Gasteiger partial charge in [-0.05, 0) is 25.0 Å². The summed E-state index contributed by atoms with van der Waals surface area (Å²) < 4.78 is 28.2. The summed E-state index contributed by atoms with van der Waals surface area (Å²) in [4.78, 5) is 26.3. The van der Waals surface area contributed by atoms with Gasteiger partial charge in [-0.3, -0.25) is 9.59 Å². The van der Waals surface area contributed by atoms with Gasteiger partial charge in [0.05, 0.1) is 0 Å². The lowest BCUT2D eigenvalue weighted by Gasteiger charge is -2.28. The quantitative estimate of drug-likeness (QED) is 0.830. The number of sulfonamides is 1.